The summed E-state index contributed by atoms with van der Waals surface area (Å²) in [6.45, 7) is -0.275. The average Bonchev–Trinajstić information content (AvgIpc) is 2.16. The SMILES string of the molecule is COc1ccc(C(N)CO)c(F)c1. The highest BCUT2D eigenvalue weighted by Crippen LogP contribution is 2.20. The molecule has 13 heavy (non-hydrogen) atoms. The van der Waals surface area contributed by atoms with E-state index in [9.17, 15) is 4.39 Å². The molecule has 0 radical (unpaired) electrons. The summed E-state index contributed by atoms with van der Waals surface area (Å²) in [5.41, 5.74) is 5.75. The van der Waals surface area contributed by atoms with Crippen molar-refractivity contribution in [3.8, 4) is 5.75 Å². The third kappa shape index (κ3) is 2.17. The van der Waals surface area contributed by atoms with Crippen LogP contribution in [0.25, 0.3) is 0 Å². The highest BCUT2D eigenvalue weighted by Gasteiger charge is 2.10. The fourth-order valence-electron chi connectivity index (χ4n) is 1.03. The number of nitrogens with two attached hydrogens (primary N) is 1. The third-order valence-corrected chi connectivity index (χ3v) is 1.80. The van der Waals surface area contributed by atoms with Crippen molar-refractivity contribution < 1.29 is 14.2 Å². The van der Waals surface area contributed by atoms with Gasteiger partial charge in [-0.05, 0) is 6.07 Å². The van der Waals surface area contributed by atoms with Gasteiger partial charge in [0.15, 0.2) is 0 Å². The molecule has 3 N–H and O–H groups in total. The number of hydrogen-bond acceptors (Lipinski definition) is 3. The van der Waals surface area contributed by atoms with Crippen LogP contribution >= 0.6 is 0 Å². The van der Waals surface area contributed by atoms with Crippen molar-refractivity contribution in [3.63, 3.8) is 0 Å². The van der Waals surface area contributed by atoms with Crippen LogP contribution in [0.15, 0.2) is 18.2 Å². The number of benzene rings is 1. The molecule has 1 unspecified atom stereocenters. The van der Waals surface area contributed by atoms with Gasteiger partial charge in [-0.25, -0.2) is 4.39 Å². The van der Waals surface area contributed by atoms with Crippen LogP contribution in [0.5, 0.6) is 5.75 Å². The maximum Gasteiger partial charge on any atom is 0.131 e. The lowest BCUT2D eigenvalue weighted by molar-refractivity contribution is 0.265. The van der Waals surface area contributed by atoms with E-state index in [1.54, 1.807) is 6.07 Å². The minimum atomic E-state index is -0.675. The lowest BCUT2D eigenvalue weighted by atomic mass is 10.1. The maximum absolute atomic E-state index is 13.2. The van der Waals surface area contributed by atoms with Gasteiger partial charge in [-0.15, -0.1) is 0 Å². The van der Waals surface area contributed by atoms with E-state index in [0.717, 1.165) is 0 Å². The van der Waals surface area contributed by atoms with Crippen LogP contribution in [0.3, 0.4) is 0 Å². The van der Waals surface area contributed by atoms with Crippen molar-refractivity contribution in [2.75, 3.05) is 13.7 Å². The first-order valence-corrected chi connectivity index (χ1v) is 3.89. The second kappa shape index (κ2) is 4.20. The van der Waals surface area contributed by atoms with Gasteiger partial charge in [-0.2, -0.15) is 0 Å². The first kappa shape index (κ1) is 9.95. The molecule has 0 aliphatic heterocycles. The molecule has 1 atom stereocenters. The fourth-order valence-corrected chi connectivity index (χ4v) is 1.03. The van der Waals surface area contributed by atoms with Gasteiger partial charge in [-0.3, -0.25) is 0 Å². The zero-order valence-corrected chi connectivity index (χ0v) is 7.33. The third-order valence-electron chi connectivity index (χ3n) is 1.80. The predicted molar refractivity (Wildman–Crippen MR) is 47.0 cm³/mol. The summed E-state index contributed by atoms with van der Waals surface area (Å²) in [6, 6.07) is 3.68. The number of hydrogen-bond donors (Lipinski definition) is 2. The summed E-state index contributed by atoms with van der Waals surface area (Å²) in [5.74, 6) is -0.0210. The molecule has 0 fully saturated rings. The van der Waals surface area contributed by atoms with E-state index in [1.807, 2.05) is 0 Å². The molecule has 1 aromatic rings. The molecule has 0 heterocycles. The van der Waals surface area contributed by atoms with Crippen molar-refractivity contribution in [1.82, 2.24) is 0 Å². The monoisotopic (exact) mass is 185 g/mol. The Labute approximate surface area is 75.9 Å². The number of halogens is 1. The summed E-state index contributed by atoms with van der Waals surface area (Å²) in [7, 11) is 1.46. The minimum Gasteiger partial charge on any atom is -0.497 e. The number of ether oxygens (including phenoxy) is 1. The highest BCUT2D eigenvalue weighted by atomic mass is 19.1. The second-order valence-electron chi connectivity index (χ2n) is 2.68. The van der Waals surface area contributed by atoms with E-state index in [-0.39, 0.29) is 6.61 Å². The summed E-state index contributed by atoms with van der Waals surface area (Å²) in [5, 5.41) is 8.72. The molecular formula is C9H12FNO2. The maximum atomic E-state index is 13.2. The summed E-state index contributed by atoms with van der Waals surface area (Å²) in [6.07, 6.45) is 0. The zero-order chi connectivity index (χ0) is 9.84. The van der Waals surface area contributed by atoms with Gasteiger partial charge in [0, 0.05) is 11.6 Å². The molecule has 0 aromatic heterocycles. The van der Waals surface area contributed by atoms with Gasteiger partial charge in [-0.1, -0.05) is 6.07 Å². The van der Waals surface area contributed by atoms with Crippen molar-refractivity contribution in [1.29, 1.82) is 0 Å². The smallest absolute Gasteiger partial charge is 0.131 e. The number of rotatable bonds is 3. The quantitative estimate of drug-likeness (QED) is 0.733. The largest absolute Gasteiger partial charge is 0.497 e. The Balaban J connectivity index is 2.98. The van der Waals surface area contributed by atoms with Crippen LogP contribution < -0.4 is 10.5 Å². The van der Waals surface area contributed by atoms with E-state index >= 15 is 0 Å². The second-order valence-corrected chi connectivity index (χ2v) is 2.68. The van der Waals surface area contributed by atoms with Gasteiger partial charge in [0.05, 0.1) is 19.8 Å². The normalized spacial score (nSPS) is 12.6. The molecule has 0 spiro atoms. The van der Waals surface area contributed by atoms with E-state index in [1.165, 1.54) is 19.2 Å². The zero-order valence-electron chi connectivity index (χ0n) is 7.33. The van der Waals surface area contributed by atoms with Crippen molar-refractivity contribution in [3.05, 3.63) is 29.6 Å². The van der Waals surface area contributed by atoms with Gasteiger partial charge in [0.1, 0.15) is 11.6 Å². The van der Waals surface area contributed by atoms with Crippen LogP contribution in [0.4, 0.5) is 4.39 Å². The molecular weight excluding hydrogens is 173 g/mol. The summed E-state index contributed by atoms with van der Waals surface area (Å²) in [4.78, 5) is 0. The Morgan fingerprint density at radius 3 is 2.77 bits per heavy atom. The van der Waals surface area contributed by atoms with Gasteiger partial charge in [0.2, 0.25) is 0 Å². The molecule has 0 saturated carbocycles. The molecule has 3 nitrogen and oxygen atoms in total. The first-order valence-electron chi connectivity index (χ1n) is 3.89. The minimum absolute atomic E-state index is 0.275. The molecule has 0 saturated heterocycles. The van der Waals surface area contributed by atoms with Crippen LogP contribution in [0, 0.1) is 5.82 Å². The van der Waals surface area contributed by atoms with E-state index in [4.69, 9.17) is 15.6 Å². The lowest BCUT2D eigenvalue weighted by Gasteiger charge is -2.10. The molecule has 4 heteroatoms. The van der Waals surface area contributed by atoms with E-state index in [2.05, 4.69) is 0 Å². The van der Waals surface area contributed by atoms with Gasteiger partial charge < -0.3 is 15.6 Å². The molecule has 0 aliphatic carbocycles. The van der Waals surface area contributed by atoms with Crippen LogP contribution in [0.2, 0.25) is 0 Å². The lowest BCUT2D eigenvalue weighted by Crippen LogP contribution is -2.15. The summed E-state index contributed by atoms with van der Waals surface area (Å²) >= 11 is 0. The average molecular weight is 185 g/mol. The Morgan fingerprint density at radius 2 is 2.31 bits per heavy atom. The predicted octanol–water partition coefficient (Wildman–Crippen LogP) is 0.826. The number of methoxy groups -OCH3 is 1. The molecule has 0 amide bonds. The number of aliphatic hydroxyl groups excluding tert-OH is 1. The van der Waals surface area contributed by atoms with Crippen LogP contribution in [0.1, 0.15) is 11.6 Å². The van der Waals surface area contributed by atoms with Crippen molar-refractivity contribution >= 4 is 0 Å². The Morgan fingerprint density at radius 1 is 1.62 bits per heavy atom. The first-order chi connectivity index (χ1) is 6.19. The van der Waals surface area contributed by atoms with Crippen LogP contribution in [-0.2, 0) is 0 Å². The van der Waals surface area contributed by atoms with Crippen LogP contribution in [-0.4, -0.2) is 18.8 Å². The fraction of sp³-hybridized carbons (Fsp3) is 0.333. The standard InChI is InChI=1S/C9H12FNO2/c1-13-6-2-3-7(8(10)4-6)9(11)5-12/h2-4,9,12H,5,11H2,1H3. The molecule has 1 rings (SSSR count). The van der Waals surface area contributed by atoms with Gasteiger partial charge in [0.25, 0.3) is 0 Å². The molecule has 0 bridgehead atoms. The molecule has 0 aliphatic rings. The topological polar surface area (TPSA) is 55.5 Å². The Kier molecular flexibility index (Phi) is 3.22. The molecule has 72 valence electrons. The highest BCUT2D eigenvalue weighted by molar-refractivity contribution is 5.30. The Bertz CT molecular complexity index is 291. The van der Waals surface area contributed by atoms with Crippen molar-refractivity contribution in [2.45, 2.75) is 6.04 Å². The number of aliphatic hydroxyl groups is 1. The van der Waals surface area contributed by atoms with Gasteiger partial charge >= 0.3 is 0 Å². The molecule has 1 aromatic carbocycles. The van der Waals surface area contributed by atoms with E-state index in [0.29, 0.717) is 11.3 Å². The van der Waals surface area contributed by atoms with E-state index < -0.39 is 11.9 Å². The van der Waals surface area contributed by atoms with Crippen molar-refractivity contribution in [2.24, 2.45) is 5.73 Å². The summed E-state index contributed by atoms with van der Waals surface area (Å²) < 4.78 is 18.0. The Hall–Kier alpha value is -1.13.